The number of aromatic nitrogens is 4. The number of rotatable bonds is 3. The Labute approximate surface area is 132 Å². The minimum atomic E-state index is 0.0451. The van der Waals surface area contributed by atoms with E-state index in [-0.39, 0.29) is 6.04 Å². The van der Waals surface area contributed by atoms with Gasteiger partial charge >= 0.3 is 0 Å². The number of hydrogen-bond donors (Lipinski definition) is 1. The minimum Gasteiger partial charge on any atom is -0.293 e. The van der Waals surface area contributed by atoms with Crippen molar-refractivity contribution in [3.05, 3.63) is 64.1 Å². The van der Waals surface area contributed by atoms with Gasteiger partial charge in [0.1, 0.15) is 0 Å². The molecule has 106 valence electrons. The number of nitrogens with one attached hydrogen (secondary N) is 1. The van der Waals surface area contributed by atoms with Crippen LogP contribution in [-0.2, 0) is 0 Å². The van der Waals surface area contributed by atoms with Crippen molar-refractivity contribution in [2.24, 2.45) is 0 Å². The van der Waals surface area contributed by atoms with E-state index in [2.05, 4.69) is 22.1 Å². The molecule has 2 aromatic heterocycles. The van der Waals surface area contributed by atoms with Crippen LogP contribution in [0.1, 0.15) is 18.5 Å². The first kappa shape index (κ1) is 14.0. The molecule has 3 aromatic rings. The first-order chi connectivity index (χ1) is 10.2. The predicted octanol–water partition coefficient (Wildman–Crippen LogP) is 4.27. The Morgan fingerprint density at radius 1 is 1.24 bits per heavy atom. The van der Waals surface area contributed by atoms with Gasteiger partial charge in [0.15, 0.2) is 10.6 Å². The summed E-state index contributed by atoms with van der Waals surface area (Å²) in [6.07, 6.45) is 3.51. The second kappa shape index (κ2) is 5.79. The highest BCUT2D eigenvalue weighted by Gasteiger charge is 2.16. The largest absolute Gasteiger partial charge is 0.293 e. The molecule has 6 heteroatoms. The fourth-order valence-electron chi connectivity index (χ4n) is 2.25. The van der Waals surface area contributed by atoms with Gasteiger partial charge in [0, 0.05) is 23.0 Å². The number of benzene rings is 1. The quantitative estimate of drug-likeness (QED) is 0.734. The Balaban J connectivity index is 2.08. The van der Waals surface area contributed by atoms with E-state index in [9.17, 15) is 0 Å². The third-order valence-corrected chi connectivity index (χ3v) is 3.90. The van der Waals surface area contributed by atoms with E-state index < -0.39 is 0 Å². The van der Waals surface area contributed by atoms with Crippen LogP contribution in [0.25, 0.3) is 11.4 Å². The average molecular weight is 317 g/mol. The van der Waals surface area contributed by atoms with Crippen molar-refractivity contribution < 1.29 is 0 Å². The third kappa shape index (κ3) is 2.75. The zero-order valence-electron chi connectivity index (χ0n) is 11.3. The number of aromatic amines is 1. The maximum Gasteiger partial charge on any atom is 0.196 e. The summed E-state index contributed by atoms with van der Waals surface area (Å²) >= 11 is 11.3. The van der Waals surface area contributed by atoms with Crippen LogP contribution in [0.15, 0.2) is 48.8 Å². The predicted molar refractivity (Wildman–Crippen MR) is 85.9 cm³/mol. The normalized spacial score (nSPS) is 12.3. The van der Waals surface area contributed by atoms with Crippen LogP contribution in [0, 0.1) is 4.77 Å². The smallest absolute Gasteiger partial charge is 0.196 e. The van der Waals surface area contributed by atoms with Gasteiger partial charge in [0.2, 0.25) is 0 Å². The summed E-state index contributed by atoms with van der Waals surface area (Å²) in [5, 5.41) is 7.91. The van der Waals surface area contributed by atoms with E-state index in [0.717, 1.165) is 17.0 Å². The highest BCUT2D eigenvalue weighted by atomic mass is 35.5. The van der Waals surface area contributed by atoms with Crippen LogP contribution >= 0.6 is 23.8 Å². The third-order valence-electron chi connectivity index (χ3n) is 3.36. The average Bonchev–Trinajstić information content (AvgIpc) is 2.90. The zero-order chi connectivity index (χ0) is 14.8. The molecule has 21 heavy (non-hydrogen) atoms. The van der Waals surface area contributed by atoms with Crippen molar-refractivity contribution >= 4 is 23.8 Å². The molecule has 1 aromatic carbocycles. The van der Waals surface area contributed by atoms with Gasteiger partial charge in [-0.2, -0.15) is 5.10 Å². The SMILES string of the molecule is CC(c1ccc(Cl)cc1)n1c(-c2cccnc2)n[nH]c1=S. The fraction of sp³-hybridized carbons (Fsp3) is 0.133. The summed E-state index contributed by atoms with van der Waals surface area (Å²) < 4.78 is 2.56. The second-order valence-electron chi connectivity index (χ2n) is 4.69. The molecule has 0 amide bonds. The first-order valence-electron chi connectivity index (χ1n) is 6.49. The van der Waals surface area contributed by atoms with E-state index in [1.165, 1.54) is 0 Å². The number of hydrogen-bond acceptors (Lipinski definition) is 3. The van der Waals surface area contributed by atoms with Gasteiger partial charge in [-0.15, -0.1) is 0 Å². The first-order valence-corrected chi connectivity index (χ1v) is 7.28. The molecule has 0 spiro atoms. The van der Waals surface area contributed by atoms with E-state index in [0.29, 0.717) is 9.79 Å². The van der Waals surface area contributed by atoms with E-state index in [1.807, 2.05) is 41.0 Å². The van der Waals surface area contributed by atoms with Crippen LogP contribution in [0.5, 0.6) is 0 Å². The Kier molecular flexibility index (Phi) is 3.86. The lowest BCUT2D eigenvalue weighted by Gasteiger charge is -2.16. The molecule has 2 heterocycles. The van der Waals surface area contributed by atoms with Crippen LogP contribution < -0.4 is 0 Å². The summed E-state index contributed by atoms with van der Waals surface area (Å²) in [6, 6.07) is 11.6. The van der Waals surface area contributed by atoms with E-state index >= 15 is 0 Å². The molecular formula is C15H13ClN4S. The van der Waals surface area contributed by atoms with Crippen LogP contribution in [-0.4, -0.2) is 19.7 Å². The topological polar surface area (TPSA) is 46.5 Å². The standard InChI is InChI=1S/C15H13ClN4S/c1-10(11-4-6-13(16)7-5-11)20-14(18-19-15(20)21)12-3-2-8-17-9-12/h2-10H,1H3,(H,19,21). The van der Waals surface area contributed by atoms with Gasteiger partial charge in [-0.1, -0.05) is 23.7 Å². The molecule has 0 aliphatic carbocycles. The molecule has 0 saturated heterocycles. The summed E-state index contributed by atoms with van der Waals surface area (Å²) in [7, 11) is 0. The summed E-state index contributed by atoms with van der Waals surface area (Å²) in [5.41, 5.74) is 2.03. The summed E-state index contributed by atoms with van der Waals surface area (Å²) in [5.74, 6) is 0.774. The Morgan fingerprint density at radius 3 is 2.67 bits per heavy atom. The van der Waals surface area contributed by atoms with Crippen molar-refractivity contribution in [3.63, 3.8) is 0 Å². The lowest BCUT2D eigenvalue weighted by Crippen LogP contribution is -2.08. The van der Waals surface area contributed by atoms with E-state index in [4.69, 9.17) is 23.8 Å². The molecule has 0 aliphatic heterocycles. The molecule has 3 rings (SSSR count). The van der Waals surface area contributed by atoms with Gasteiger partial charge in [0.05, 0.1) is 6.04 Å². The lowest BCUT2D eigenvalue weighted by atomic mass is 10.1. The Hall–Kier alpha value is -1.98. The van der Waals surface area contributed by atoms with Crippen LogP contribution in [0.4, 0.5) is 0 Å². The molecule has 0 aliphatic rings. The Bertz CT molecular complexity index is 793. The molecule has 0 radical (unpaired) electrons. The van der Waals surface area contributed by atoms with Gasteiger partial charge in [0.25, 0.3) is 0 Å². The fourth-order valence-corrected chi connectivity index (χ4v) is 2.67. The number of halogens is 1. The molecule has 4 nitrogen and oxygen atoms in total. The van der Waals surface area contributed by atoms with Crippen LogP contribution in [0.3, 0.4) is 0 Å². The van der Waals surface area contributed by atoms with Gasteiger partial charge < -0.3 is 0 Å². The maximum absolute atomic E-state index is 5.95. The molecule has 1 unspecified atom stereocenters. The van der Waals surface area contributed by atoms with E-state index in [1.54, 1.807) is 12.4 Å². The molecule has 0 saturated carbocycles. The highest BCUT2D eigenvalue weighted by Crippen LogP contribution is 2.25. The van der Waals surface area contributed by atoms with Gasteiger partial charge in [-0.25, -0.2) is 0 Å². The summed E-state index contributed by atoms with van der Waals surface area (Å²) in [6.45, 7) is 2.08. The van der Waals surface area contributed by atoms with Crippen molar-refractivity contribution in [2.75, 3.05) is 0 Å². The second-order valence-corrected chi connectivity index (χ2v) is 5.51. The lowest BCUT2D eigenvalue weighted by molar-refractivity contribution is 0.635. The van der Waals surface area contributed by atoms with Crippen molar-refractivity contribution in [1.82, 2.24) is 19.7 Å². The number of nitrogens with zero attached hydrogens (tertiary/aromatic N) is 3. The number of pyridine rings is 1. The summed E-state index contributed by atoms with van der Waals surface area (Å²) in [4.78, 5) is 4.14. The minimum absolute atomic E-state index is 0.0451. The molecule has 0 bridgehead atoms. The Morgan fingerprint density at radius 2 is 2.00 bits per heavy atom. The molecule has 0 fully saturated rings. The van der Waals surface area contributed by atoms with Crippen molar-refractivity contribution in [1.29, 1.82) is 0 Å². The molecular weight excluding hydrogens is 304 g/mol. The highest BCUT2D eigenvalue weighted by molar-refractivity contribution is 7.71. The molecule has 1 N–H and O–H groups in total. The van der Waals surface area contributed by atoms with Crippen molar-refractivity contribution in [2.45, 2.75) is 13.0 Å². The van der Waals surface area contributed by atoms with Crippen molar-refractivity contribution in [3.8, 4) is 11.4 Å². The molecule has 1 atom stereocenters. The van der Waals surface area contributed by atoms with Gasteiger partial charge in [-0.3, -0.25) is 14.6 Å². The van der Waals surface area contributed by atoms with Crippen LogP contribution in [0.2, 0.25) is 5.02 Å². The number of H-pyrrole nitrogens is 1. The van der Waals surface area contributed by atoms with Gasteiger partial charge in [-0.05, 0) is 49.0 Å². The zero-order valence-corrected chi connectivity index (χ0v) is 12.9. The monoisotopic (exact) mass is 316 g/mol. The maximum atomic E-state index is 5.95.